The van der Waals surface area contributed by atoms with E-state index in [9.17, 15) is 26.3 Å². The third-order valence-corrected chi connectivity index (χ3v) is 7.15. The number of nitrogens with zero attached hydrogens (tertiary/aromatic N) is 4. The molecular weight excluding hydrogens is 469 g/mol. The van der Waals surface area contributed by atoms with Gasteiger partial charge in [-0.05, 0) is 23.3 Å². The van der Waals surface area contributed by atoms with Crippen LogP contribution in [0.2, 0.25) is 0 Å². The fourth-order valence-electron chi connectivity index (χ4n) is 3.63. The zero-order valence-electron chi connectivity index (χ0n) is 16.7. The van der Waals surface area contributed by atoms with Gasteiger partial charge in [0, 0.05) is 25.6 Å². The summed E-state index contributed by atoms with van der Waals surface area (Å²) < 4.78 is 64.3. The maximum absolute atomic E-state index is 14.5. The molecule has 0 bridgehead atoms. The van der Waals surface area contributed by atoms with E-state index in [4.69, 9.17) is 21.7 Å². The molecule has 3 atom stereocenters. The van der Waals surface area contributed by atoms with Crippen LogP contribution in [0.15, 0.2) is 15.9 Å². The minimum atomic E-state index is -4.72. The summed E-state index contributed by atoms with van der Waals surface area (Å²) >= 11 is 0. The lowest BCUT2D eigenvalue weighted by atomic mass is 9.96. The number of aromatic amines is 1. The number of aliphatic hydroxyl groups excluding tert-OH is 1. The molecule has 32 heavy (non-hydrogen) atoms. The van der Waals surface area contributed by atoms with Crippen molar-refractivity contribution >= 4 is 25.7 Å². The average molecular weight is 494 g/mol. The van der Waals surface area contributed by atoms with Crippen LogP contribution in [0.25, 0.3) is 11.4 Å². The summed E-state index contributed by atoms with van der Waals surface area (Å²) in [5, 5.41) is 33.9. The van der Waals surface area contributed by atoms with Gasteiger partial charge in [-0.2, -0.15) is 5.21 Å². The fourth-order valence-corrected chi connectivity index (χ4v) is 5.81. The van der Waals surface area contributed by atoms with Crippen LogP contribution >= 0.6 is 0 Å². The zero-order chi connectivity index (χ0) is 23.8. The normalized spacial score (nSPS) is 21.0. The van der Waals surface area contributed by atoms with Crippen molar-refractivity contribution in [3.05, 3.63) is 11.6 Å². The molecule has 2 heterocycles. The quantitative estimate of drug-likeness (QED) is 0.225. The Balaban J connectivity index is 2.46. The van der Waals surface area contributed by atoms with Gasteiger partial charge in [-0.15, -0.1) is 10.2 Å². The first-order valence-corrected chi connectivity index (χ1v) is 12.5. The number of hydrogen-bond acceptors (Lipinski definition) is 11. The van der Waals surface area contributed by atoms with Gasteiger partial charge in [0.05, 0.1) is 23.9 Å². The number of nitrogens with one attached hydrogen (secondary N) is 1. The van der Waals surface area contributed by atoms with Crippen LogP contribution < -0.4 is 26.6 Å². The van der Waals surface area contributed by atoms with Crippen LogP contribution in [0, 0.1) is 0 Å². The van der Waals surface area contributed by atoms with Crippen LogP contribution in [-0.2, 0) is 26.5 Å². The number of aliphatic hydroxyl groups is 1. The number of rotatable bonds is 7. The SMILES string of the molecule is NC[C@H](O)Cc1cc(S(N)(=O)=O)c(S(N)(=O)=O)c(-c2nn[nH]n2)c1N1CC[C@H](N)[C@H](F)C1. The summed E-state index contributed by atoms with van der Waals surface area (Å²) in [5.41, 5.74) is 11.1. The van der Waals surface area contributed by atoms with Crippen LogP contribution in [0.1, 0.15) is 12.0 Å². The standard InChI is InChI=1S/C15H24FN9O5S2/c16-9-6-25(2-1-10(9)18)13-7(3-8(26)5-17)4-11(31(19,27)28)14(32(20,29)30)12(13)15-21-23-24-22-15/h4,8-10,26H,1-3,5-6,17-18H2,(H2,19,27,28)(H2,20,29,30)(H,21,22,23,24)/t8-,9-,10+/m1/s1. The number of piperidine rings is 1. The van der Waals surface area contributed by atoms with E-state index >= 15 is 0 Å². The van der Waals surface area contributed by atoms with E-state index in [1.807, 2.05) is 0 Å². The van der Waals surface area contributed by atoms with Gasteiger partial charge < -0.3 is 21.5 Å². The van der Waals surface area contributed by atoms with Gasteiger partial charge in [0.15, 0.2) is 0 Å². The van der Waals surface area contributed by atoms with Crippen molar-refractivity contribution in [1.82, 2.24) is 20.6 Å². The molecule has 0 spiro atoms. The number of H-pyrrole nitrogens is 1. The number of aromatic nitrogens is 4. The lowest BCUT2D eigenvalue weighted by Crippen LogP contribution is -2.49. The molecule has 0 saturated carbocycles. The minimum Gasteiger partial charge on any atom is -0.391 e. The number of benzene rings is 1. The van der Waals surface area contributed by atoms with E-state index in [1.54, 1.807) is 0 Å². The van der Waals surface area contributed by atoms with Gasteiger partial charge in [0.2, 0.25) is 25.9 Å². The largest absolute Gasteiger partial charge is 0.391 e. The Labute approximate surface area is 183 Å². The van der Waals surface area contributed by atoms with Crippen molar-refractivity contribution in [1.29, 1.82) is 0 Å². The summed E-state index contributed by atoms with van der Waals surface area (Å²) in [6, 6.07) is 0.244. The van der Waals surface area contributed by atoms with Crippen LogP contribution in [0.4, 0.5) is 10.1 Å². The topological polar surface area (TPSA) is 250 Å². The van der Waals surface area contributed by atoms with Crippen molar-refractivity contribution in [2.75, 3.05) is 24.5 Å². The number of primary sulfonamides is 2. The maximum Gasteiger partial charge on any atom is 0.240 e. The highest BCUT2D eigenvalue weighted by Gasteiger charge is 2.36. The Morgan fingerprint density at radius 3 is 2.47 bits per heavy atom. The molecule has 178 valence electrons. The molecule has 0 radical (unpaired) electrons. The van der Waals surface area contributed by atoms with Gasteiger partial charge in [-0.3, -0.25) is 0 Å². The first-order valence-electron chi connectivity index (χ1n) is 9.36. The predicted molar refractivity (Wildman–Crippen MR) is 111 cm³/mol. The van der Waals surface area contributed by atoms with E-state index in [1.165, 1.54) is 4.90 Å². The summed E-state index contributed by atoms with van der Waals surface area (Å²) in [5.74, 6) is -0.316. The van der Waals surface area contributed by atoms with Gasteiger partial charge in [-0.1, -0.05) is 0 Å². The van der Waals surface area contributed by atoms with Crippen LogP contribution in [0.3, 0.4) is 0 Å². The molecule has 1 fully saturated rings. The highest BCUT2D eigenvalue weighted by atomic mass is 32.2. The van der Waals surface area contributed by atoms with Crippen molar-refractivity contribution in [3.8, 4) is 11.4 Å². The molecule has 1 aliphatic rings. The third kappa shape index (κ3) is 4.87. The lowest BCUT2D eigenvalue weighted by molar-refractivity contribution is 0.183. The van der Waals surface area contributed by atoms with E-state index in [0.717, 1.165) is 6.07 Å². The monoisotopic (exact) mass is 493 g/mol. The molecule has 17 heteroatoms. The number of nitrogens with two attached hydrogens (primary N) is 4. The molecule has 1 aromatic heterocycles. The van der Waals surface area contributed by atoms with Crippen LogP contribution in [-0.4, -0.2) is 80.5 Å². The van der Waals surface area contributed by atoms with Crippen molar-refractivity contribution < 1.29 is 26.3 Å². The number of halogens is 1. The Kier molecular flexibility index (Phi) is 6.80. The predicted octanol–water partition coefficient (Wildman–Crippen LogP) is -3.10. The summed E-state index contributed by atoms with van der Waals surface area (Å²) in [4.78, 5) is -0.221. The second-order valence-electron chi connectivity index (χ2n) is 7.42. The van der Waals surface area contributed by atoms with Gasteiger partial charge >= 0.3 is 0 Å². The maximum atomic E-state index is 14.5. The minimum absolute atomic E-state index is 0.0601. The number of sulfonamides is 2. The van der Waals surface area contributed by atoms with E-state index in [0.29, 0.717) is 0 Å². The highest BCUT2D eigenvalue weighted by molar-refractivity contribution is 7.92. The summed E-state index contributed by atoms with van der Waals surface area (Å²) in [6.07, 6.45) is -2.59. The average Bonchev–Trinajstić information content (AvgIpc) is 3.22. The number of anilines is 1. The molecule has 1 saturated heterocycles. The molecule has 10 N–H and O–H groups in total. The summed E-state index contributed by atoms with van der Waals surface area (Å²) in [6.45, 7) is -0.233. The molecule has 1 aromatic carbocycles. The molecule has 2 aromatic rings. The number of hydrogen-bond donors (Lipinski definition) is 6. The molecule has 0 amide bonds. The van der Waals surface area contributed by atoms with E-state index < -0.39 is 48.2 Å². The number of alkyl halides is 1. The second-order valence-corrected chi connectivity index (χ2v) is 10.4. The molecule has 0 aliphatic carbocycles. The molecule has 14 nitrogen and oxygen atoms in total. The third-order valence-electron chi connectivity index (χ3n) is 5.09. The Morgan fingerprint density at radius 1 is 1.28 bits per heavy atom. The van der Waals surface area contributed by atoms with Crippen molar-refractivity contribution in [2.45, 2.75) is 41.0 Å². The fraction of sp³-hybridized carbons (Fsp3) is 0.533. The number of tetrazole rings is 1. The highest BCUT2D eigenvalue weighted by Crippen LogP contribution is 2.42. The van der Waals surface area contributed by atoms with Crippen molar-refractivity contribution in [2.24, 2.45) is 21.7 Å². The Hall–Kier alpha value is -2.28. The molecule has 3 rings (SSSR count). The molecule has 0 unspecified atom stereocenters. The van der Waals surface area contributed by atoms with Gasteiger partial charge in [0.1, 0.15) is 16.0 Å². The van der Waals surface area contributed by atoms with E-state index in [-0.39, 0.29) is 55.1 Å². The van der Waals surface area contributed by atoms with Crippen molar-refractivity contribution in [3.63, 3.8) is 0 Å². The first kappa shape index (κ1) is 24.4. The Bertz CT molecular complexity index is 1190. The van der Waals surface area contributed by atoms with Gasteiger partial charge in [-0.25, -0.2) is 31.5 Å². The van der Waals surface area contributed by atoms with Gasteiger partial charge in [0.25, 0.3) is 0 Å². The summed E-state index contributed by atoms with van der Waals surface area (Å²) in [7, 11) is -9.36. The smallest absolute Gasteiger partial charge is 0.240 e. The lowest BCUT2D eigenvalue weighted by Gasteiger charge is -2.37. The van der Waals surface area contributed by atoms with Crippen LogP contribution in [0.5, 0.6) is 0 Å². The molecular formula is C15H24FN9O5S2. The molecule has 1 aliphatic heterocycles. The zero-order valence-corrected chi connectivity index (χ0v) is 18.4. The van der Waals surface area contributed by atoms with E-state index in [2.05, 4.69) is 20.6 Å². The first-order chi connectivity index (χ1) is 14.8. The second kappa shape index (κ2) is 8.93. The Morgan fingerprint density at radius 2 is 1.97 bits per heavy atom.